The highest BCUT2D eigenvalue weighted by Crippen LogP contribution is 2.24. The van der Waals surface area contributed by atoms with E-state index in [9.17, 15) is 0 Å². The smallest absolute Gasteiger partial charge is 0.0602 e. The summed E-state index contributed by atoms with van der Waals surface area (Å²) in [4.78, 5) is 4.57. The summed E-state index contributed by atoms with van der Waals surface area (Å²) in [5.74, 6) is 0. The number of hydrogen-bond donors (Lipinski definition) is 1. The maximum absolute atomic E-state index is 5.73. The second-order valence-corrected chi connectivity index (χ2v) is 5.42. The average molecular weight is 262 g/mol. The van der Waals surface area contributed by atoms with Crippen molar-refractivity contribution in [3.05, 3.63) is 29.6 Å². The molecule has 1 aromatic rings. The van der Waals surface area contributed by atoms with Crippen LogP contribution in [0.2, 0.25) is 0 Å². The topological polar surface area (TPSA) is 34.1 Å². The van der Waals surface area contributed by atoms with E-state index < -0.39 is 0 Å². The summed E-state index contributed by atoms with van der Waals surface area (Å²) in [6, 6.07) is 4.52. The molecule has 0 aliphatic carbocycles. The van der Waals surface area contributed by atoms with E-state index in [4.69, 9.17) is 4.74 Å². The number of aryl methyl sites for hydroxylation is 1. The van der Waals surface area contributed by atoms with Gasteiger partial charge in [-0.1, -0.05) is 13.0 Å². The second-order valence-electron chi connectivity index (χ2n) is 5.42. The highest BCUT2D eigenvalue weighted by molar-refractivity contribution is 5.21. The van der Waals surface area contributed by atoms with Gasteiger partial charge in [-0.2, -0.15) is 0 Å². The summed E-state index contributed by atoms with van der Waals surface area (Å²) in [6.45, 7) is 6.34. The normalized spacial score (nSPS) is 20.6. The fraction of sp³-hybridized carbons (Fsp3) is 0.688. The van der Waals surface area contributed by atoms with Crippen molar-refractivity contribution >= 4 is 0 Å². The minimum Gasteiger partial charge on any atom is -0.378 e. The number of aromatic nitrogens is 1. The molecule has 2 heterocycles. The van der Waals surface area contributed by atoms with Crippen LogP contribution in [0.3, 0.4) is 0 Å². The molecule has 0 saturated carbocycles. The first kappa shape index (κ1) is 14.5. The van der Waals surface area contributed by atoms with E-state index in [0.29, 0.717) is 12.1 Å². The third-order valence-electron chi connectivity index (χ3n) is 3.82. The van der Waals surface area contributed by atoms with Crippen molar-refractivity contribution < 1.29 is 4.74 Å². The first-order valence-corrected chi connectivity index (χ1v) is 7.57. The van der Waals surface area contributed by atoms with E-state index >= 15 is 0 Å². The Morgan fingerprint density at radius 3 is 3.11 bits per heavy atom. The maximum Gasteiger partial charge on any atom is 0.0602 e. The van der Waals surface area contributed by atoms with E-state index in [-0.39, 0.29) is 0 Å². The fourth-order valence-corrected chi connectivity index (χ4v) is 2.74. The molecule has 1 saturated heterocycles. The van der Waals surface area contributed by atoms with E-state index in [1.54, 1.807) is 0 Å². The van der Waals surface area contributed by atoms with Crippen LogP contribution in [0.4, 0.5) is 0 Å². The van der Waals surface area contributed by atoms with Crippen LogP contribution in [-0.2, 0) is 4.74 Å². The Labute approximate surface area is 116 Å². The standard InChI is InChI=1S/C16H26N2O/c1-3-10-17-15(9-8-14-7-5-12-19-14)16-13(2)6-4-11-18-16/h4,6,11,14-15,17H,3,5,7-10,12H2,1-2H3. The van der Waals surface area contributed by atoms with Gasteiger partial charge in [0.15, 0.2) is 0 Å². The van der Waals surface area contributed by atoms with Crippen molar-refractivity contribution in [1.29, 1.82) is 0 Å². The third kappa shape index (κ3) is 4.29. The molecule has 1 aliphatic rings. The molecule has 3 heteroatoms. The monoisotopic (exact) mass is 262 g/mol. The zero-order chi connectivity index (χ0) is 13.5. The summed E-state index contributed by atoms with van der Waals surface area (Å²) >= 11 is 0. The molecular formula is C16H26N2O. The molecule has 106 valence electrons. The molecule has 0 amide bonds. The molecule has 1 aromatic heterocycles. The minimum atomic E-state index is 0.366. The number of nitrogens with zero attached hydrogens (tertiary/aromatic N) is 1. The summed E-state index contributed by atoms with van der Waals surface area (Å²) in [5.41, 5.74) is 2.48. The zero-order valence-corrected chi connectivity index (χ0v) is 12.2. The fourth-order valence-electron chi connectivity index (χ4n) is 2.74. The van der Waals surface area contributed by atoms with Crippen LogP contribution >= 0.6 is 0 Å². The number of nitrogens with one attached hydrogen (secondary N) is 1. The minimum absolute atomic E-state index is 0.366. The Kier molecular flexibility index (Phi) is 5.80. The Morgan fingerprint density at radius 1 is 1.53 bits per heavy atom. The van der Waals surface area contributed by atoms with Crippen molar-refractivity contribution in [2.45, 2.75) is 58.1 Å². The average Bonchev–Trinajstić information content (AvgIpc) is 2.93. The van der Waals surface area contributed by atoms with Gasteiger partial charge in [-0.3, -0.25) is 4.98 Å². The highest BCUT2D eigenvalue weighted by atomic mass is 16.5. The van der Waals surface area contributed by atoms with Crippen LogP contribution in [0.25, 0.3) is 0 Å². The van der Waals surface area contributed by atoms with Gasteiger partial charge in [0.2, 0.25) is 0 Å². The van der Waals surface area contributed by atoms with Gasteiger partial charge in [0.05, 0.1) is 11.8 Å². The first-order chi connectivity index (χ1) is 9.31. The summed E-state index contributed by atoms with van der Waals surface area (Å²) in [7, 11) is 0. The summed E-state index contributed by atoms with van der Waals surface area (Å²) < 4.78 is 5.73. The van der Waals surface area contributed by atoms with Crippen molar-refractivity contribution in [3.8, 4) is 0 Å². The van der Waals surface area contributed by atoms with Gasteiger partial charge in [0.1, 0.15) is 0 Å². The quantitative estimate of drug-likeness (QED) is 0.818. The van der Waals surface area contributed by atoms with Crippen molar-refractivity contribution in [2.75, 3.05) is 13.2 Å². The van der Waals surface area contributed by atoms with E-state index in [1.165, 1.54) is 24.1 Å². The number of ether oxygens (including phenoxy) is 1. The van der Waals surface area contributed by atoms with E-state index in [2.05, 4.69) is 30.2 Å². The van der Waals surface area contributed by atoms with Crippen LogP contribution in [0.1, 0.15) is 56.3 Å². The number of rotatable bonds is 7. The lowest BCUT2D eigenvalue weighted by Gasteiger charge is -2.21. The molecule has 2 unspecified atom stereocenters. The zero-order valence-electron chi connectivity index (χ0n) is 12.2. The Balaban J connectivity index is 1.96. The Morgan fingerprint density at radius 2 is 2.42 bits per heavy atom. The molecule has 0 spiro atoms. The van der Waals surface area contributed by atoms with Crippen LogP contribution < -0.4 is 5.32 Å². The van der Waals surface area contributed by atoms with Crippen LogP contribution in [0, 0.1) is 6.92 Å². The van der Waals surface area contributed by atoms with Gasteiger partial charge < -0.3 is 10.1 Å². The molecule has 3 nitrogen and oxygen atoms in total. The van der Waals surface area contributed by atoms with Gasteiger partial charge in [0.25, 0.3) is 0 Å². The van der Waals surface area contributed by atoms with Crippen molar-refractivity contribution in [1.82, 2.24) is 10.3 Å². The summed E-state index contributed by atoms with van der Waals surface area (Å²) in [6.07, 6.45) is 8.22. The Bertz CT molecular complexity index is 375. The largest absolute Gasteiger partial charge is 0.378 e. The van der Waals surface area contributed by atoms with Crippen molar-refractivity contribution in [2.24, 2.45) is 0 Å². The van der Waals surface area contributed by atoms with Gasteiger partial charge in [-0.15, -0.1) is 0 Å². The molecule has 0 radical (unpaired) electrons. The molecule has 19 heavy (non-hydrogen) atoms. The van der Waals surface area contributed by atoms with Crippen LogP contribution in [-0.4, -0.2) is 24.2 Å². The highest BCUT2D eigenvalue weighted by Gasteiger charge is 2.20. The second kappa shape index (κ2) is 7.61. The van der Waals surface area contributed by atoms with E-state index in [0.717, 1.165) is 32.4 Å². The van der Waals surface area contributed by atoms with Gasteiger partial charge >= 0.3 is 0 Å². The lowest BCUT2D eigenvalue weighted by atomic mass is 10.00. The number of hydrogen-bond acceptors (Lipinski definition) is 3. The van der Waals surface area contributed by atoms with Crippen molar-refractivity contribution in [3.63, 3.8) is 0 Å². The predicted octanol–water partition coefficient (Wildman–Crippen LogP) is 3.39. The molecule has 1 aliphatic heterocycles. The molecule has 1 fully saturated rings. The maximum atomic E-state index is 5.73. The third-order valence-corrected chi connectivity index (χ3v) is 3.82. The lowest BCUT2D eigenvalue weighted by Crippen LogP contribution is -2.25. The van der Waals surface area contributed by atoms with Crippen LogP contribution in [0.5, 0.6) is 0 Å². The predicted molar refractivity (Wildman–Crippen MR) is 78.2 cm³/mol. The first-order valence-electron chi connectivity index (χ1n) is 7.57. The molecule has 1 N–H and O–H groups in total. The SMILES string of the molecule is CCCNC(CCC1CCCO1)c1ncccc1C. The molecule has 2 atom stereocenters. The van der Waals surface area contributed by atoms with Crippen LogP contribution in [0.15, 0.2) is 18.3 Å². The number of pyridine rings is 1. The molecular weight excluding hydrogens is 236 g/mol. The lowest BCUT2D eigenvalue weighted by molar-refractivity contribution is 0.0994. The summed E-state index contributed by atoms with van der Waals surface area (Å²) in [5, 5.41) is 3.63. The molecule has 0 bridgehead atoms. The molecule has 0 aromatic carbocycles. The Hall–Kier alpha value is -0.930. The van der Waals surface area contributed by atoms with Gasteiger partial charge in [-0.25, -0.2) is 0 Å². The van der Waals surface area contributed by atoms with Gasteiger partial charge in [0, 0.05) is 18.8 Å². The van der Waals surface area contributed by atoms with E-state index in [1.807, 2.05) is 12.3 Å². The molecule has 2 rings (SSSR count). The van der Waals surface area contributed by atoms with Gasteiger partial charge in [-0.05, 0) is 57.2 Å².